The Morgan fingerprint density at radius 3 is 2.54 bits per heavy atom. The van der Waals surface area contributed by atoms with Gasteiger partial charge in [-0.2, -0.15) is 0 Å². The molecule has 0 unspecified atom stereocenters. The number of hydrogen-bond donors (Lipinski definition) is 2. The average molecular weight is 341 g/mol. The van der Waals surface area contributed by atoms with Gasteiger partial charge in [-0.1, -0.05) is 35.9 Å². The first-order chi connectivity index (χ1) is 11.6. The molecule has 2 heterocycles. The molecule has 0 bridgehead atoms. The Kier molecular flexibility index (Phi) is 3.69. The highest BCUT2D eigenvalue weighted by Gasteiger charge is 2.35. The number of ether oxygens (including phenoxy) is 1. The molecule has 2 atom stereocenters. The van der Waals surface area contributed by atoms with Crippen LogP contribution in [-0.4, -0.2) is 12.1 Å². The van der Waals surface area contributed by atoms with Crippen LogP contribution >= 0.6 is 11.6 Å². The van der Waals surface area contributed by atoms with Gasteiger partial charge in [-0.3, -0.25) is 0 Å². The zero-order valence-corrected chi connectivity index (χ0v) is 13.9. The van der Waals surface area contributed by atoms with Crippen LogP contribution in [0, 0.1) is 0 Å². The predicted molar refractivity (Wildman–Crippen MR) is 95.1 cm³/mol. The maximum absolute atomic E-state index is 12.6. The highest BCUT2D eigenvalue weighted by molar-refractivity contribution is 6.30. The third-order valence-corrected chi connectivity index (χ3v) is 4.60. The van der Waals surface area contributed by atoms with Gasteiger partial charge in [-0.25, -0.2) is 4.79 Å². The Morgan fingerprint density at radius 1 is 1.08 bits per heavy atom. The molecule has 0 aromatic heterocycles. The van der Waals surface area contributed by atoms with Gasteiger partial charge < -0.3 is 15.4 Å². The highest BCUT2D eigenvalue weighted by Crippen LogP contribution is 2.40. The quantitative estimate of drug-likeness (QED) is 0.750. The van der Waals surface area contributed by atoms with Crippen LogP contribution in [0.5, 0.6) is 0 Å². The van der Waals surface area contributed by atoms with E-state index in [0.29, 0.717) is 17.0 Å². The molecular weight excluding hydrogens is 324 g/mol. The van der Waals surface area contributed by atoms with Crippen molar-refractivity contribution in [3.63, 3.8) is 0 Å². The minimum absolute atomic E-state index is 0.139. The fourth-order valence-electron chi connectivity index (χ4n) is 3.23. The minimum Gasteiger partial charge on any atom is -0.459 e. The second kappa shape index (κ2) is 5.87. The van der Waals surface area contributed by atoms with E-state index in [0.717, 1.165) is 22.6 Å². The Hall–Kier alpha value is -2.46. The lowest BCUT2D eigenvalue weighted by Crippen LogP contribution is -2.30. The van der Waals surface area contributed by atoms with Crippen LogP contribution in [0.3, 0.4) is 0 Å². The molecule has 0 spiro atoms. The largest absolute Gasteiger partial charge is 0.459 e. The molecule has 2 aromatic carbocycles. The normalized spacial score (nSPS) is 22.5. The van der Waals surface area contributed by atoms with Crippen molar-refractivity contribution < 1.29 is 9.53 Å². The van der Waals surface area contributed by atoms with Gasteiger partial charge in [0.1, 0.15) is 6.10 Å². The summed E-state index contributed by atoms with van der Waals surface area (Å²) >= 11 is 6.01. The molecule has 24 heavy (non-hydrogen) atoms. The summed E-state index contributed by atoms with van der Waals surface area (Å²) in [5, 5.41) is 7.57. The molecule has 2 aromatic rings. The number of nitrogens with one attached hydrogen (secondary N) is 2. The molecule has 0 amide bonds. The number of benzene rings is 2. The number of halogens is 1. The second-order valence-electron chi connectivity index (χ2n) is 6.11. The molecule has 0 fully saturated rings. The second-order valence-corrected chi connectivity index (χ2v) is 6.55. The van der Waals surface area contributed by atoms with Crippen molar-refractivity contribution in [2.24, 2.45) is 0 Å². The third kappa shape index (κ3) is 2.63. The van der Waals surface area contributed by atoms with E-state index in [4.69, 9.17) is 16.3 Å². The van der Waals surface area contributed by atoms with E-state index in [9.17, 15) is 4.79 Å². The molecule has 0 radical (unpaired) electrons. The summed E-state index contributed by atoms with van der Waals surface area (Å²) in [6.45, 7) is 1.91. The van der Waals surface area contributed by atoms with Crippen molar-refractivity contribution in [3.05, 3.63) is 70.4 Å². The van der Waals surface area contributed by atoms with Gasteiger partial charge in [-0.15, -0.1) is 0 Å². The van der Waals surface area contributed by atoms with Gasteiger partial charge in [0, 0.05) is 17.1 Å². The first-order valence-electron chi connectivity index (χ1n) is 7.94. The lowest BCUT2D eigenvalue weighted by Gasteiger charge is -2.28. The van der Waals surface area contributed by atoms with E-state index in [1.54, 1.807) is 0 Å². The number of fused-ring (bicyclic) bond motifs is 1. The molecule has 4 rings (SSSR count). The first-order valence-corrected chi connectivity index (χ1v) is 8.31. The van der Waals surface area contributed by atoms with Crippen LogP contribution in [0.4, 0.5) is 11.4 Å². The van der Waals surface area contributed by atoms with Crippen molar-refractivity contribution in [3.8, 4) is 0 Å². The smallest absolute Gasteiger partial charge is 0.338 e. The van der Waals surface area contributed by atoms with Gasteiger partial charge >= 0.3 is 5.97 Å². The van der Waals surface area contributed by atoms with Crippen LogP contribution in [0.15, 0.2) is 59.8 Å². The monoisotopic (exact) mass is 340 g/mol. The van der Waals surface area contributed by atoms with Crippen molar-refractivity contribution in [1.82, 2.24) is 0 Å². The van der Waals surface area contributed by atoms with Crippen molar-refractivity contribution in [2.75, 3.05) is 10.6 Å². The van der Waals surface area contributed by atoms with Gasteiger partial charge in [0.15, 0.2) is 0 Å². The number of para-hydroxylation sites is 2. The Labute approximate surface area is 145 Å². The minimum atomic E-state index is -0.284. The SMILES string of the molecule is C[C@@H]1CC2=C(C(=O)O1)[C@H](c1ccc(Cl)cc1)Nc1ccccc1N2. The van der Waals surface area contributed by atoms with Crippen molar-refractivity contribution >= 4 is 28.9 Å². The zero-order valence-electron chi connectivity index (χ0n) is 13.2. The number of hydrogen-bond acceptors (Lipinski definition) is 4. The van der Waals surface area contributed by atoms with E-state index in [2.05, 4.69) is 10.6 Å². The number of carbonyl (C=O) groups excluding carboxylic acids is 1. The lowest BCUT2D eigenvalue weighted by molar-refractivity contribution is -0.145. The average Bonchev–Trinajstić information content (AvgIpc) is 2.72. The fourth-order valence-corrected chi connectivity index (χ4v) is 3.36. The number of anilines is 2. The number of carbonyl (C=O) groups is 1. The van der Waals surface area contributed by atoms with Crippen LogP contribution in [0.25, 0.3) is 0 Å². The summed E-state index contributed by atoms with van der Waals surface area (Å²) < 4.78 is 5.48. The molecule has 4 nitrogen and oxygen atoms in total. The van der Waals surface area contributed by atoms with E-state index in [1.807, 2.05) is 55.5 Å². The number of esters is 1. The van der Waals surface area contributed by atoms with Crippen LogP contribution in [0.1, 0.15) is 24.9 Å². The van der Waals surface area contributed by atoms with Crippen LogP contribution < -0.4 is 10.6 Å². The first kappa shape index (κ1) is 15.1. The van der Waals surface area contributed by atoms with E-state index < -0.39 is 0 Å². The molecule has 0 aliphatic carbocycles. The summed E-state index contributed by atoms with van der Waals surface area (Å²) in [5.41, 5.74) is 4.43. The molecule has 0 saturated carbocycles. The molecule has 0 saturated heterocycles. The molecule has 2 aliphatic heterocycles. The summed E-state index contributed by atoms with van der Waals surface area (Å²) in [6, 6.07) is 15.2. The van der Waals surface area contributed by atoms with E-state index in [1.165, 1.54) is 0 Å². The van der Waals surface area contributed by atoms with Crippen LogP contribution in [-0.2, 0) is 9.53 Å². The predicted octanol–water partition coefficient (Wildman–Crippen LogP) is 4.51. The number of rotatable bonds is 1. The Morgan fingerprint density at radius 2 is 1.79 bits per heavy atom. The maximum Gasteiger partial charge on any atom is 0.338 e. The fraction of sp³-hybridized carbons (Fsp3) is 0.211. The summed E-state index contributed by atoms with van der Waals surface area (Å²) in [4.78, 5) is 12.6. The van der Waals surface area contributed by atoms with E-state index in [-0.39, 0.29) is 18.1 Å². The molecule has 5 heteroatoms. The van der Waals surface area contributed by atoms with Gasteiger partial charge in [0.25, 0.3) is 0 Å². The summed E-state index contributed by atoms with van der Waals surface area (Å²) in [7, 11) is 0. The van der Waals surface area contributed by atoms with Gasteiger partial charge in [0.05, 0.1) is 23.0 Å². The van der Waals surface area contributed by atoms with Crippen molar-refractivity contribution in [2.45, 2.75) is 25.5 Å². The summed E-state index contributed by atoms with van der Waals surface area (Å²) in [6.07, 6.45) is 0.529. The van der Waals surface area contributed by atoms with Gasteiger partial charge in [0.2, 0.25) is 0 Å². The topological polar surface area (TPSA) is 50.4 Å². The third-order valence-electron chi connectivity index (χ3n) is 4.35. The molecule has 2 aliphatic rings. The molecular formula is C19H17ClN2O2. The zero-order chi connectivity index (χ0) is 16.7. The molecule has 122 valence electrons. The molecule has 2 N–H and O–H groups in total. The van der Waals surface area contributed by atoms with Crippen LogP contribution in [0.2, 0.25) is 5.02 Å². The standard InChI is InChI=1S/C19H17ClN2O2/c1-11-10-16-17(19(23)24-11)18(12-6-8-13(20)9-7-12)22-15-5-3-2-4-14(15)21-16/h2-9,11,18,21-22H,10H2,1H3/t11-,18+/m1/s1. The Bertz CT molecular complexity index is 830. The van der Waals surface area contributed by atoms with Gasteiger partial charge in [-0.05, 0) is 36.8 Å². The highest BCUT2D eigenvalue weighted by atomic mass is 35.5. The lowest BCUT2D eigenvalue weighted by atomic mass is 9.93. The Balaban J connectivity index is 1.87. The number of cyclic esters (lactones) is 1. The van der Waals surface area contributed by atoms with Crippen molar-refractivity contribution in [1.29, 1.82) is 0 Å². The summed E-state index contributed by atoms with van der Waals surface area (Å²) in [5.74, 6) is -0.281. The van der Waals surface area contributed by atoms with E-state index >= 15 is 0 Å². The maximum atomic E-state index is 12.6.